The Morgan fingerprint density at radius 1 is 1.31 bits per heavy atom. The molecule has 3 N–H and O–H groups in total. The van der Waals surface area contributed by atoms with E-state index < -0.39 is 12.1 Å². The molecule has 0 radical (unpaired) electrons. The molecule has 1 fully saturated rings. The van der Waals surface area contributed by atoms with Gasteiger partial charge in [-0.25, -0.2) is 0 Å². The van der Waals surface area contributed by atoms with Crippen molar-refractivity contribution in [1.82, 2.24) is 15.2 Å². The maximum atomic E-state index is 11.0. The summed E-state index contributed by atoms with van der Waals surface area (Å²) in [7, 11) is 0. The fourth-order valence-corrected chi connectivity index (χ4v) is 5.05. The van der Waals surface area contributed by atoms with E-state index in [4.69, 9.17) is 33.0 Å². The number of aliphatic hydroxyl groups excluding tert-OH is 1. The van der Waals surface area contributed by atoms with Crippen LogP contribution in [0.5, 0.6) is 0 Å². The van der Waals surface area contributed by atoms with Gasteiger partial charge in [-0.1, -0.05) is 42.6 Å². The van der Waals surface area contributed by atoms with Crippen molar-refractivity contribution in [3.8, 4) is 0 Å². The molecule has 0 aliphatic carbocycles. The van der Waals surface area contributed by atoms with Crippen LogP contribution in [0.3, 0.4) is 0 Å². The largest absolute Gasteiger partial charge is 0.481 e. The van der Waals surface area contributed by atoms with Gasteiger partial charge in [0.2, 0.25) is 0 Å². The number of ether oxygens (including phenoxy) is 1. The summed E-state index contributed by atoms with van der Waals surface area (Å²) in [6, 6.07) is 8.14. The van der Waals surface area contributed by atoms with E-state index in [9.17, 15) is 9.90 Å². The molecule has 1 aliphatic rings. The summed E-state index contributed by atoms with van der Waals surface area (Å²) in [5.74, 6) is -0.837. The number of aliphatic carboxylic acids is 1. The lowest BCUT2D eigenvalue weighted by molar-refractivity contribution is -0.136. The SMILES string of the molecule is CCCC(OC[C@H](O)CNCN1CCC[C@H]1Cc1ccc(Cl)c(Cl)c1)c1ccncc1CCC(=O)O. The summed E-state index contributed by atoms with van der Waals surface area (Å²) in [6.07, 6.45) is 7.91. The average Bonchev–Trinajstić information content (AvgIpc) is 3.29. The van der Waals surface area contributed by atoms with Crippen molar-refractivity contribution in [2.75, 3.05) is 26.4 Å². The molecule has 0 bridgehead atoms. The van der Waals surface area contributed by atoms with Crippen molar-refractivity contribution in [1.29, 1.82) is 0 Å². The first-order chi connectivity index (χ1) is 17.4. The number of aryl methyl sites for hydroxylation is 1. The molecule has 198 valence electrons. The minimum Gasteiger partial charge on any atom is -0.481 e. The molecule has 1 aromatic heterocycles. The topological polar surface area (TPSA) is 94.9 Å². The predicted molar refractivity (Wildman–Crippen MR) is 143 cm³/mol. The van der Waals surface area contributed by atoms with E-state index in [2.05, 4.69) is 22.1 Å². The number of pyridine rings is 1. The third-order valence-electron chi connectivity index (χ3n) is 6.59. The van der Waals surface area contributed by atoms with Gasteiger partial charge in [-0.05, 0) is 73.5 Å². The number of likely N-dealkylation sites (tertiary alicyclic amines) is 1. The highest BCUT2D eigenvalue weighted by molar-refractivity contribution is 6.42. The number of halogens is 2. The van der Waals surface area contributed by atoms with Gasteiger partial charge in [0, 0.05) is 38.1 Å². The third kappa shape index (κ3) is 8.98. The minimum atomic E-state index is -0.837. The lowest BCUT2D eigenvalue weighted by atomic mass is 9.98. The summed E-state index contributed by atoms with van der Waals surface area (Å²) in [6.45, 7) is 4.43. The van der Waals surface area contributed by atoms with Gasteiger partial charge >= 0.3 is 5.97 Å². The molecular formula is C27H37Cl2N3O4. The van der Waals surface area contributed by atoms with E-state index >= 15 is 0 Å². The first-order valence-corrected chi connectivity index (χ1v) is 13.5. The van der Waals surface area contributed by atoms with Gasteiger partial charge in [-0.15, -0.1) is 0 Å². The van der Waals surface area contributed by atoms with Crippen LogP contribution in [0.1, 0.15) is 61.8 Å². The highest BCUT2D eigenvalue weighted by atomic mass is 35.5. The number of rotatable bonds is 15. The van der Waals surface area contributed by atoms with Gasteiger partial charge in [0.25, 0.3) is 0 Å². The van der Waals surface area contributed by atoms with Crippen molar-refractivity contribution in [3.63, 3.8) is 0 Å². The molecule has 3 rings (SSSR count). The predicted octanol–water partition coefficient (Wildman–Crippen LogP) is 4.88. The normalized spacial score (nSPS) is 17.8. The Hall–Kier alpha value is -1.74. The van der Waals surface area contributed by atoms with Gasteiger partial charge in [0.1, 0.15) is 0 Å². The fraction of sp³-hybridized carbons (Fsp3) is 0.556. The number of carboxylic acid groups (broad SMARTS) is 1. The average molecular weight is 539 g/mol. The Bertz CT molecular complexity index is 978. The second-order valence-electron chi connectivity index (χ2n) is 9.41. The van der Waals surface area contributed by atoms with E-state index in [0.717, 1.165) is 49.8 Å². The van der Waals surface area contributed by atoms with E-state index in [1.165, 1.54) is 5.56 Å². The number of benzene rings is 1. The Morgan fingerprint density at radius 3 is 2.89 bits per heavy atom. The fourth-order valence-electron chi connectivity index (χ4n) is 4.73. The molecular weight excluding hydrogens is 501 g/mol. The molecule has 1 saturated heterocycles. The molecule has 2 heterocycles. The van der Waals surface area contributed by atoms with Crippen molar-refractivity contribution < 1.29 is 19.7 Å². The molecule has 0 amide bonds. The summed E-state index contributed by atoms with van der Waals surface area (Å²) >= 11 is 12.2. The lowest BCUT2D eigenvalue weighted by Crippen LogP contribution is -2.42. The standard InChI is InChI=1S/C27H37Cl2N3O4/c1-2-4-26(23-10-11-30-15-20(23)7-9-27(34)35)36-17-22(33)16-31-18-32-12-3-5-21(32)13-19-6-8-24(28)25(29)14-19/h6,8,10-11,14-15,21-22,26,31,33H,2-5,7,9,12-13,16-18H2,1H3,(H,34,35)/t21-,22+,26?/m0/s1. The van der Waals surface area contributed by atoms with Crippen LogP contribution in [0.25, 0.3) is 0 Å². The van der Waals surface area contributed by atoms with E-state index in [1.807, 2.05) is 24.3 Å². The van der Waals surface area contributed by atoms with Crippen LogP contribution in [0.4, 0.5) is 0 Å². The molecule has 2 aromatic rings. The summed E-state index contributed by atoms with van der Waals surface area (Å²) in [4.78, 5) is 17.6. The lowest BCUT2D eigenvalue weighted by Gasteiger charge is -2.26. The summed E-state index contributed by atoms with van der Waals surface area (Å²) in [5.41, 5.74) is 3.01. The van der Waals surface area contributed by atoms with Crippen LogP contribution < -0.4 is 5.32 Å². The number of carboxylic acids is 1. The molecule has 1 unspecified atom stereocenters. The second kappa shape index (κ2) is 14.9. The monoisotopic (exact) mass is 537 g/mol. The second-order valence-corrected chi connectivity index (χ2v) is 10.2. The van der Waals surface area contributed by atoms with Crippen molar-refractivity contribution in [2.24, 2.45) is 0 Å². The molecule has 0 spiro atoms. The van der Waals surface area contributed by atoms with Gasteiger partial charge in [-0.2, -0.15) is 0 Å². The number of aromatic nitrogens is 1. The van der Waals surface area contributed by atoms with Gasteiger partial charge < -0.3 is 20.3 Å². The maximum Gasteiger partial charge on any atom is 0.303 e. The van der Waals surface area contributed by atoms with E-state index in [0.29, 0.717) is 35.7 Å². The number of carbonyl (C=O) groups is 1. The molecule has 36 heavy (non-hydrogen) atoms. The first kappa shape index (κ1) is 28.8. The Kier molecular flexibility index (Phi) is 11.9. The number of nitrogens with zero attached hydrogens (tertiary/aromatic N) is 2. The Balaban J connectivity index is 1.46. The highest BCUT2D eigenvalue weighted by Crippen LogP contribution is 2.27. The van der Waals surface area contributed by atoms with Gasteiger partial charge in [-0.3, -0.25) is 14.7 Å². The smallest absolute Gasteiger partial charge is 0.303 e. The molecule has 0 saturated carbocycles. The molecule has 1 aliphatic heterocycles. The van der Waals surface area contributed by atoms with Crippen LogP contribution >= 0.6 is 23.2 Å². The third-order valence-corrected chi connectivity index (χ3v) is 7.33. The van der Waals surface area contributed by atoms with Crippen LogP contribution in [0, 0.1) is 0 Å². The first-order valence-electron chi connectivity index (χ1n) is 12.7. The van der Waals surface area contributed by atoms with Gasteiger partial charge in [0.05, 0.1) is 28.9 Å². The minimum absolute atomic E-state index is 0.0482. The summed E-state index contributed by atoms with van der Waals surface area (Å²) < 4.78 is 6.12. The van der Waals surface area contributed by atoms with Crippen molar-refractivity contribution in [2.45, 2.75) is 70.1 Å². The van der Waals surface area contributed by atoms with Crippen molar-refractivity contribution >= 4 is 29.2 Å². The number of hydrogen-bond donors (Lipinski definition) is 3. The van der Waals surface area contributed by atoms with E-state index in [-0.39, 0.29) is 19.1 Å². The number of hydrogen-bond acceptors (Lipinski definition) is 6. The van der Waals surface area contributed by atoms with Crippen LogP contribution in [-0.2, 0) is 22.4 Å². The molecule has 7 nitrogen and oxygen atoms in total. The Morgan fingerprint density at radius 2 is 2.14 bits per heavy atom. The van der Waals surface area contributed by atoms with Crippen LogP contribution in [0.2, 0.25) is 10.0 Å². The van der Waals surface area contributed by atoms with Crippen LogP contribution in [0.15, 0.2) is 36.7 Å². The molecule has 1 aromatic carbocycles. The summed E-state index contributed by atoms with van der Waals surface area (Å²) in [5, 5.41) is 24.2. The van der Waals surface area contributed by atoms with Gasteiger partial charge in [0.15, 0.2) is 0 Å². The maximum absolute atomic E-state index is 11.0. The van der Waals surface area contributed by atoms with Crippen molar-refractivity contribution in [3.05, 3.63) is 63.4 Å². The molecule has 9 heteroatoms. The molecule has 3 atom stereocenters. The zero-order valence-corrected chi connectivity index (χ0v) is 22.3. The van der Waals surface area contributed by atoms with E-state index in [1.54, 1.807) is 12.4 Å². The quantitative estimate of drug-likeness (QED) is 0.298. The zero-order valence-electron chi connectivity index (χ0n) is 20.8. The number of nitrogens with one attached hydrogen (secondary N) is 1. The number of aliphatic hydroxyl groups is 1. The zero-order chi connectivity index (χ0) is 25.9. The van der Waals surface area contributed by atoms with Crippen LogP contribution in [-0.4, -0.2) is 64.6 Å². The highest BCUT2D eigenvalue weighted by Gasteiger charge is 2.25. The Labute approximate surface area is 223 Å².